The lowest BCUT2D eigenvalue weighted by Gasteiger charge is -2.26. The summed E-state index contributed by atoms with van der Waals surface area (Å²) in [5.74, 6) is -1.26. The third-order valence-corrected chi connectivity index (χ3v) is 7.44. The molecule has 12 heteroatoms. The van der Waals surface area contributed by atoms with E-state index in [-0.39, 0.29) is 29.2 Å². The summed E-state index contributed by atoms with van der Waals surface area (Å²) in [7, 11) is -3.69. The molecule has 3 aromatic rings. The molecule has 10 nitrogen and oxygen atoms in total. The Bertz CT molecular complexity index is 1270. The van der Waals surface area contributed by atoms with E-state index >= 15 is 0 Å². The summed E-state index contributed by atoms with van der Waals surface area (Å²) in [4.78, 5) is 28.7. The highest BCUT2D eigenvalue weighted by atomic mass is 32.2. The molecule has 0 bridgehead atoms. The van der Waals surface area contributed by atoms with Crippen LogP contribution in [0.5, 0.6) is 0 Å². The van der Waals surface area contributed by atoms with Crippen LogP contribution in [0.3, 0.4) is 0 Å². The molecule has 1 aliphatic rings. The lowest BCUT2D eigenvalue weighted by Crippen LogP contribution is -2.40. The maximum absolute atomic E-state index is 12.8. The number of hydrogen-bond acceptors (Lipinski definition) is 9. The van der Waals surface area contributed by atoms with Crippen LogP contribution in [-0.2, 0) is 24.3 Å². The van der Waals surface area contributed by atoms with Crippen LogP contribution in [-0.4, -0.2) is 62.5 Å². The van der Waals surface area contributed by atoms with E-state index < -0.39 is 28.5 Å². The first-order chi connectivity index (χ1) is 15.3. The van der Waals surface area contributed by atoms with Crippen LogP contribution < -0.4 is 11.1 Å². The van der Waals surface area contributed by atoms with Gasteiger partial charge in [0.1, 0.15) is 0 Å². The molecule has 0 unspecified atom stereocenters. The number of ether oxygens (including phenoxy) is 2. The normalized spacial score (nSPS) is 14.9. The zero-order valence-corrected chi connectivity index (χ0v) is 18.4. The first kappa shape index (κ1) is 22.1. The number of carbonyl (C=O) groups is 2. The van der Waals surface area contributed by atoms with Crippen molar-refractivity contribution in [1.82, 2.24) is 9.29 Å². The number of carbonyl (C=O) groups excluding carboxylic acids is 2. The van der Waals surface area contributed by atoms with Gasteiger partial charge >= 0.3 is 5.97 Å². The Morgan fingerprint density at radius 2 is 1.97 bits per heavy atom. The highest BCUT2D eigenvalue weighted by molar-refractivity contribution is 7.89. The van der Waals surface area contributed by atoms with Crippen molar-refractivity contribution < 1.29 is 27.5 Å². The van der Waals surface area contributed by atoms with Crippen molar-refractivity contribution in [3.63, 3.8) is 0 Å². The third kappa shape index (κ3) is 4.88. The first-order valence-corrected chi connectivity index (χ1v) is 11.9. The fraction of sp³-hybridized carbons (Fsp3) is 0.250. The van der Waals surface area contributed by atoms with Crippen molar-refractivity contribution in [2.45, 2.75) is 4.90 Å². The number of nitrogens with two attached hydrogens (primary N) is 1. The SMILES string of the molecule is Nc1nc2ccc(C(=O)OCC(=O)Nc3cccc(S(=O)(=O)N4CCOCC4)c3)cc2s1. The van der Waals surface area contributed by atoms with Crippen LogP contribution in [0, 0.1) is 0 Å². The molecule has 1 fully saturated rings. The molecule has 2 heterocycles. The second kappa shape index (κ2) is 9.20. The Kier molecular flexibility index (Phi) is 6.37. The minimum absolute atomic E-state index is 0.0614. The van der Waals surface area contributed by atoms with E-state index in [0.717, 1.165) is 4.70 Å². The van der Waals surface area contributed by atoms with Crippen molar-refractivity contribution in [3.8, 4) is 0 Å². The van der Waals surface area contributed by atoms with E-state index in [9.17, 15) is 18.0 Å². The van der Waals surface area contributed by atoms with Crippen LogP contribution >= 0.6 is 11.3 Å². The topological polar surface area (TPSA) is 141 Å². The first-order valence-electron chi connectivity index (χ1n) is 9.64. The van der Waals surface area contributed by atoms with Gasteiger partial charge in [0.15, 0.2) is 11.7 Å². The van der Waals surface area contributed by atoms with Crippen LogP contribution in [0.15, 0.2) is 47.4 Å². The fourth-order valence-corrected chi connectivity index (χ4v) is 5.38. The largest absolute Gasteiger partial charge is 0.452 e. The second-order valence-electron chi connectivity index (χ2n) is 6.90. The van der Waals surface area contributed by atoms with E-state index in [2.05, 4.69) is 10.3 Å². The van der Waals surface area contributed by atoms with Gasteiger partial charge in [0.2, 0.25) is 10.0 Å². The summed E-state index contributed by atoms with van der Waals surface area (Å²) in [5.41, 5.74) is 6.89. The van der Waals surface area contributed by atoms with Crippen molar-refractivity contribution in [2.75, 3.05) is 44.0 Å². The Morgan fingerprint density at radius 1 is 1.19 bits per heavy atom. The van der Waals surface area contributed by atoms with Gasteiger partial charge in [-0.2, -0.15) is 4.31 Å². The Labute approximate surface area is 188 Å². The van der Waals surface area contributed by atoms with E-state index in [1.54, 1.807) is 24.3 Å². The number of anilines is 2. The maximum atomic E-state index is 12.8. The summed E-state index contributed by atoms with van der Waals surface area (Å²) in [6.45, 7) is 0.695. The number of amides is 1. The lowest BCUT2D eigenvalue weighted by molar-refractivity contribution is -0.119. The molecule has 0 aliphatic carbocycles. The van der Waals surface area contributed by atoms with Gasteiger partial charge in [0, 0.05) is 18.8 Å². The summed E-state index contributed by atoms with van der Waals surface area (Å²) < 4.78 is 37.9. The van der Waals surface area contributed by atoms with Gasteiger partial charge in [-0.1, -0.05) is 17.4 Å². The maximum Gasteiger partial charge on any atom is 0.338 e. The standard InChI is InChI=1S/C20H20N4O6S2/c21-20-23-16-5-4-13(10-17(16)31-20)19(26)30-12-18(25)22-14-2-1-3-15(11-14)32(27,28)24-6-8-29-9-7-24/h1-5,10-11H,6-9,12H2,(H2,21,23)(H,22,25). The number of rotatable bonds is 6. The number of aromatic nitrogens is 1. The molecular formula is C20H20N4O6S2. The van der Waals surface area contributed by atoms with Gasteiger partial charge in [-0.05, 0) is 36.4 Å². The zero-order chi connectivity index (χ0) is 22.7. The number of thiazole rings is 1. The molecule has 32 heavy (non-hydrogen) atoms. The third-order valence-electron chi connectivity index (χ3n) is 4.70. The average Bonchev–Trinajstić information content (AvgIpc) is 3.17. The summed E-state index contributed by atoms with van der Waals surface area (Å²) in [6, 6.07) is 10.7. The quantitative estimate of drug-likeness (QED) is 0.512. The Morgan fingerprint density at radius 3 is 2.75 bits per heavy atom. The molecular weight excluding hydrogens is 456 g/mol. The van der Waals surface area contributed by atoms with Crippen LogP contribution in [0.25, 0.3) is 10.2 Å². The molecule has 1 aromatic heterocycles. The van der Waals surface area contributed by atoms with Crippen LogP contribution in [0.1, 0.15) is 10.4 Å². The highest BCUT2D eigenvalue weighted by Crippen LogP contribution is 2.25. The molecule has 0 radical (unpaired) electrons. The summed E-state index contributed by atoms with van der Waals surface area (Å²) in [5, 5.41) is 2.94. The molecule has 0 spiro atoms. The summed E-state index contributed by atoms with van der Waals surface area (Å²) >= 11 is 1.24. The van der Waals surface area contributed by atoms with Crippen molar-refractivity contribution >= 4 is 54.3 Å². The number of nitrogen functional groups attached to an aromatic ring is 1. The molecule has 1 aliphatic heterocycles. The molecule has 2 aromatic carbocycles. The monoisotopic (exact) mass is 476 g/mol. The minimum Gasteiger partial charge on any atom is -0.452 e. The molecule has 1 saturated heterocycles. The van der Waals surface area contributed by atoms with Gasteiger partial charge in [-0.3, -0.25) is 4.79 Å². The van der Waals surface area contributed by atoms with E-state index in [0.29, 0.717) is 23.9 Å². The molecule has 0 saturated carbocycles. The number of nitrogens with zero attached hydrogens (tertiary/aromatic N) is 2. The average molecular weight is 477 g/mol. The number of sulfonamides is 1. The number of esters is 1. The van der Waals surface area contributed by atoms with E-state index in [1.165, 1.54) is 33.8 Å². The Balaban J connectivity index is 1.37. The number of benzene rings is 2. The van der Waals surface area contributed by atoms with Crippen molar-refractivity contribution in [1.29, 1.82) is 0 Å². The molecule has 4 rings (SSSR count). The molecule has 168 valence electrons. The molecule has 3 N–H and O–H groups in total. The highest BCUT2D eigenvalue weighted by Gasteiger charge is 2.26. The smallest absolute Gasteiger partial charge is 0.338 e. The predicted molar refractivity (Wildman–Crippen MR) is 119 cm³/mol. The predicted octanol–water partition coefficient (Wildman–Crippen LogP) is 1.69. The van der Waals surface area contributed by atoms with Crippen molar-refractivity contribution in [2.24, 2.45) is 0 Å². The number of hydrogen-bond donors (Lipinski definition) is 2. The molecule has 0 atom stereocenters. The number of fused-ring (bicyclic) bond motifs is 1. The van der Waals surface area contributed by atoms with E-state index in [4.69, 9.17) is 15.2 Å². The van der Waals surface area contributed by atoms with Gasteiger partial charge in [0.05, 0.1) is 33.9 Å². The van der Waals surface area contributed by atoms with Gasteiger partial charge in [-0.25, -0.2) is 18.2 Å². The van der Waals surface area contributed by atoms with Crippen LogP contribution in [0.4, 0.5) is 10.8 Å². The summed E-state index contributed by atoms with van der Waals surface area (Å²) in [6.07, 6.45) is 0. The van der Waals surface area contributed by atoms with Gasteiger partial charge in [0.25, 0.3) is 5.91 Å². The number of nitrogens with one attached hydrogen (secondary N) is 1. The van der Waals surface area contributed by atoms with E-state index in [1.807, 2.05) is 0 Å². The fourth-order valence-electron chi connectivity index (χ4n) is 3.15. The minimum atomic E-state index is -3.69. The van der Waals surface area contributed by atoms with Gasteiger partial charge in [-0.15, -0.1) is 0 Å². The zero-order valence-electron chi connectivity index (χ0n) is 16.8. The Hall–Kier alpha value is -3.06. The van der Waals surface area contributed by atoms with Gasteiger partial charge < -0.3 is 20.5 Å². The second-order valence-corrected chi connectivity index (χ2v) is 9.90. The van der Waals surface area contributed by atoms with Crippen molar-refractivity contribution in [3.05, 3.63) is 48.0 Å². The lowest BCUT2D eigenvalue weighted by atomic mass is 10.2. The number of morpholine rings is 1. The van der Waals surface area contributed by atoms with Crippen LogP contribution in [0.2, 0.25) is 0 Å². The molecule has 1 amide bonds.